The van der Waals surface area contributed by atoms with Crippen LogP contribution in [0.2, 0.25) is 0 Å². The molecule has 0 unspecified atom stereocenters. The number of imidazole rings is 1. The van der Waals surface area contributed by atoms with Gasteiger partial charge in [0.05, 0.1) is 21.9 Å². The van der Waals surface area contributed by atoms with Gasteiger partial charge in [0.2, 0.25) is 0 Å². The zero-order valence-corrected chi connectivity index (χ0v) is 15.4. The Morgan fingerprint density at radius 1 is 1.36 bits per heavy atom. The molecule has 0 radical (unpaired) electrons. The first-order valence-corrected chi connectivity index (χ1v) is 9.91. The Labute approximate surface area is 151 Å². The summed E-state index contributed by atoms with van der Waals surface area (Å²) in [6, 6.07) is 2.45. The minimum atomic E-state index is -0.579. The average molecular weight is 356 g/mol. The fourth-order valence-corrected chi connectivity index (χ4v) is 5.01. The molecule has 3 heterocycles. The molecule has 1 aliphatic rings. The lowest BCUT2D eigenvalue weighted by Gasteiger charge is -2.31. The van der Waals surface area contributed by atoms with Crippen LogP contribution in [-0.2, 0) is 0 Å². The van der Waals surface area contributed by atoms with Gasteiger partial charge >= 0.3 is 0 Å². The molecule has 0 aromatic carbocycles. The number of aliphatic imine (C=N–C) groups is 1. The standard InChI is InChI=1S/C19H24N4OS/c1-12(24)19-22-16-11-21-15-8-10-25-18(15)17(16)23(19)14-5-3-13(4-6-14)7-9-20-2/h8,10-14,24H,2-7,9H2,1H3/t12-,13?,14?/m1/s1. The largest absolute Gasteiger partial charge is 0.385 e. The number of nitrogens with zero attached hydrogens (tertiary/aromatic N) is 4. The van der Waals surface area contributed by atoms with Crippen molar-refractivity contribution in [3.8, 4) is 0 Å². The molecule has 4 rings (SSSR count). The Kier molecular flexibility index (Phi) is 4.56. The third kappa shape index (κ3) is 2.98. The normalized spacial score (nSPS) is 22.5. The molecule has 0 bridgehead atoms. The number of rotatable bonds is 5. The Hall–Kier alpha value is -1.79. The molecule has 0 amide bonds. The van der Waals surface area contributed by atoms with Crippen molar-refractivity contribution in [2.45, 2.75) is 51.2 Å². The summed E-state index contributed by atoms with van der Waals surface area (Å²) >= 11 is 1.71. The van der Waals surface area contributed by atoms with E-state index in [-0.39, 0.29) is 0 Å². The maximum Gasteiger partial charge on any atom is 0.138 e. The maximum atomic E-state index is 10.3. The molecule has 0 aliphatic heterocycles. The molecule has 3 aromatic heterocycles. The minimum absolute atomic E-state index is 0.398. The SMILES string of the molecule is C=NCCC1CCC(n2c([C@@H](C)O)nc3cnc4ccsc4c32)CC1. The smallest absolute Gasteiger partial charge is 0.138 e. The summed E-state index contributed by atoms with van der Waals surface area (Å²) in [7, 11) is 0. The second kappa shape index (κ2) is 6.84. The summed E-state index contributed by atoms with van der Waals surface area (Å²) < 4.78 is 3.48. The Morgan fingerprint density at radius 2 is 2.16 bits per heavy atom. The number of fused-ring (bicyclic) bond motifs is 3. The van der Waals surface area contributed by atoms with Gasteiger partial charge in [-0.25, -0.2) is 4.98 Å². The summed E-state index contributed by atoms with van der Waals surface area (Å²) in [6.45, 7) is 6.26. The van der Waals surface area contributed by atoms with Gasteiger partial charge in [-0.1, -0.05) is 0 Å². The average Bonchev–Trinajstić information content (AvgIpc) is 3.24. The topological polar surface area (TPSA) is 63.3 Å². The number of hydrogen-bond donors (Lipinski definition) is 1. The van der Waals surface area contributed by atoms with Gasteiger partial charge < -0.3 is 14.7 Å². The maximum absolute atomic E-state index is 10.3. The van der Waals surface area contributed by atoms with E-state index in [4.69, 9.17) is 4.98 Å². The second-order valence-corrected chi connectivity index (χ2v) is 7.97. The third-order valence-electron chi connectivity index (χ3n) is 5.40. The van der Waals surface area contributed by atoms with Gasteiger partial charge in [0.1, 0.15) is 17.4 Å². The zero-order chi connectivity index (χ0) is 17.4. The number of thiophene rings is 1. The number of hydrogen-bond acceptors (Lipinski definition) is 5. The highest BCUT2D eigenvalue weighted by Crippen LogP contribution is 2.39. The predicted octanol–water partition coefficient (Wildman–Crippen LogP) is 4.52. The molecule has 1 aliphatic carbocycles. The number of aromatic nitrogens is 3. The van der Waals surface area contributed by atoms with Crippen LogP contribution >= 0.6 is 11.3 Å². The van der Waals surface area contributed by atoms with Gasteiger partial charge in [-0.15, -0.1) is 11.3 Å². The van der Waals surface area contributed by atoms with E-state index >= 15 is 0 Å². The Morgan fingerprint density at radius 3 is 2.88 bits per heavy atom. The lowest BCUT2D eigenvalue weighted by atomic mass is 9.84. The van der Waals surface area contributed by atoms with Crippen LogP contribution in [0, 0.1) is 5.92 Å². The van der Waals surface area contributed by atoms with E-state index in [1.807, 2.05) is 6.20 Å². The number of pyridine rings is 1. The van der Waals surface area contributed by atoms with Crippen molar-refractivity contribution in [1.29, 1.82) is 0 Å². The highest BCUT2D eigenvalue weighted by Gasteiger charge is 2.28. The summed E-state index contributed by atoms with van der Waals surface area (Å²) in [5.74, 6) is 1.52. The van der Waals surface area contributed by atoms with Crippen LogP contribution in [0.4, 0.5) is 0 Å². The third-order valence-corrected chi connectivity index (χ3v) is 6.31. The van der Waals surface area contributed by atoms with Gasteiger partial charge in [0.15, 0.2) is 0 Å². The van der Waals surface area contributed by atoms with Crippen molar-refractivity contribution in [3.05, 3.63) is 23.5 Å². The van der Waals surface area contributed by atoms with Gasteiger partial charge in [-0.05, 0) is 63.1 Å². The fraction of sp³-hybridized carbons (Fsp3) is 0.526. The molecule has 1 fully saturated rings. The molecule has 0 spiro atoms. The number of aliphatic hydroxyl groups is 1. The van der Waals surface area contributed by atoms with E-state index in [1.165, 1.54) is 17.5 Å². The Bertz CT molecular complexity index is 889. The van der Waals surface area contributed by atoms with E-state index in [2.05, 4.69) is 32.7 Å². The number of aliphatic hydroxyl groups excluding tert-OH is 1. The van der Waals surface area contributed by atoms with Crippen LogP contribution in [0.15, 0.2) is 22.6 Å². The first-order valence-electron chi connectivity index (χ1n) is 9.03. The van der Waals surface area contributed by atoms with Gasteiger partial charge in [0, 0.05) is 12.6 Å². The van der Waals surface area contributed by atoms with Crippen LogP contribution in [-0.4, -0.2) is 32.9 Å². The second-order valence-electron chi connectivity index (χ2n) is 7.05. The van der Waals surface area contributed by atoms with Gasteiger partial charge in [-0.3, -0.25) is 4.98 Å². The highest BCUT2D eigenvalue weighted by atomic mass is 32.1. The van der Waals surface area contributed by atoms with E-state index in [0.29, 0.717) is 6.04 Å². The summed E-state index contributed by atoms with van der Waals surface area (Å²) in [6.07, 6.45) is 7.07. The molecule has 1 N–H and O–H groups in total. The first-order chi connectivity index (χ1) is 12.2. The van der Waals surface area contributed by atoms with Crippen molar-refractivity contribution in [2.24, 2.45) is 10.9 Å². The van der Waals surface area contributed by atoms with Crippen LogP contribution in [0.5, 0.6) is 0 Å². The predicted molar refractivity (Wildman–Crippen MR) is 104 cm³/mol. The van der Waals surface area contributed by atoms with Crippen LogP contribution in [0.1, 0.15) is 57.0 Å². The quantitative estimate of drug-likeness (QED) is 0.684. The van der Waals surface area contributed by atoms with E-state index in [0.717, 1.165) is 54.1 Å². The van der Waals surface area contributed by atoms with E-state index in [9.17, 15) is 5.11 Å². The fourth-order valence-electron chi connectivity index (χ4n) is 4.13. The molecule has 25 heavy (non-hydrogen) atoms. The lowest BCUT2D eigenvalue weighted by molar-refractivity contribution is 0.174. The molecular weight excluding hydrogens is 332 g/mol. The first kappa shape index (κ1) is 16.7. The molecule has 1 saturated carbocycles. The molecule has 6 heteroatoms. The van der Waals surface area contributed by atoms with Crippen molar-refractivity contribution >= 4 is 39.3 Å². The summed E-state index contributed by atoms with van der Waals surface area (Å²) in [4.78, 5) is 13.2. The lowest BCUT2D eigenvalue weighted by Crippen LogP contribution is -2.21. The molecule has 1 atom stereocenters. The summed E-state index contributed by atoms with van der Waals surface area (Å²) in [5.41, 5.74) is 3.05. The molecule has 3 aromatic rings. The molecule has 5 nitrogen and oxygen atoms in total. The van der Waals surface area contributed by atoms with Crippen LogP contribution in [0.3, 0.4) is 0 Å². The molecular formula is C19H24N4OS. The van der Waals surface area contributed by atoms with E-state index in [1.54, 1.807) is 18.3 Å². The van der Waals surface area contributed by atoms with Gasteiger partial charge in [0.25, 0.3) is 0 Å². The van der Waals surface area contributed by atoms with E-state index < -0.39 is 6.10 Å². The van der Waals surface area contributed by atoms with Crippen molar-refractivity contribution in [1.82, 2.24) is 14.5 Å². The van der Waals surface area contributed by atoms with Crippen molar-refractivity contribution in [2.75, 3.05) is 6.54 Å². The van der Waals surface area contributed by atoms with Crippen molar-refractivity contribution < 1.29 is 5.11 Å². The van der Waals surface area contributed by atoms with Gasteiger partial charge in [-0.2, -0.15) is 0 Å². The summed E-state index contributed by atoms with van der Waals surface area (Å²) in [5, 5.41) is 12.4. The van der Waals surface area contributed by atoms with Crippen LogP contribution < -0.4 is 0 Å². The molecule has 132 valence electrons. The molecule has 0 saturated heterocycles. The van der Waals surface area contributed by atoms with Crippen LogP contribution in [0.25, 0.3) is 21.3 Å². The minimum Gasteiger partial charge on any atom is -0.385 e. The Balaban J connectivity index is 1.74. The van der Waals surface area contributed by atoms with Crippen molar-refractivity contribution in [3.63, 3.8) is 0 Å². The highest BCUT2D eigenvalue weighted by molar-refractivity contribution is 7.18. The monoisotopic (exact) mass is 356 g/mol. The zero-order valence-electron chi connectivity index (χ0n) is 14.6.